The molecule has 6 nitrogen and oxygen atoms in total. The number of alkyl halides is 1. The number of amides is 1. The molecule has 3 aliphatic rings. The predicted molar refractivity (Wildman–Crippen MR) is 137 cm³/mol. The second-order valence-corrected chi connectivity index (χ2v) is 10.5. The lowest BCUT2D eigenvalue weighted by Gasteiger charge is -2.38. The van der Waals surface area contributed by atoms with Crippen molar-refractivity contribution >= 4 is 21.8 Å². The Morgan fingerprint density at radius 2 is 1.82 bits per heavy atom. The second kappa shape index (κ2) is 11.7. The van der Waals surface area contributed by atoms with E-state index in [0.29, 0.717) is 25.3 Å². The summed E-state index contributed by atoms with van der Waals surface area (Å²) in [6, 6.07) is 7.59. The zero-order valence-corrected chi connectivity index (χ0v) is 22.0. The standard InChI is InChI=1S/C27H37BrN2O4/c1-32-25-12-9-21-13-18-30(19-14-24(21)27(25,28)33-2)26(31)22-7-10-23(11-8-22)34-20-6-17-29-15-4-3-5-16-29/h7-12,24H,3-6,13-20H2,1-2H3. The van der Waals surface area contributed by atoms with Crippen LogP contribution in [-0.2, 0) is 9.47 Å². The lowest BCUT2D eigenvalue weighted by atomic mass is 9.84. The number of fused-ring (bicyclic) bond motifs is 1. The van der Waals surface area contributed by atoms with Crippen LogP contribution >= 0.6 is 15.9 Å². The van der Waals surface area contributed by atoms with Gasteiger partial charge >= 0.3 is 0 Å². The zero-order chi connectivity index (χ0) is 24.0. The molecule has 0 radical (unpaired) electrons. The van der Waals surface area contributed by atoms with Gasteiger partial charge in [0.2, 0.25) is 0 Å². The van der Waals surface area contributed by atoms with Crippen molar-refractivity contribution in [2.45, 2.75) is 43.0 Å². The van der Waals surface area contributed by atoms with E-state index in [0.717, 1.165) is 37.3 Å². The summed E-state index contributed by atoms with van der Waals surface area (Å²) in [5.74, 6) is 1.77. The maximum Gasteiger partial charge on any atom is 0.253 e. The Bertz CT molecular complexity index is 894. The molecule has 34 heavy (non-hydrogen) atoms. The first-order valence-electron chi connectivity index (χ1n) is 12.5. The van der Waals surface area contributed by atoms with Gasteiger partial charge in [0.05, 0.1) is 13.7 Å². The van der Waals surface area contributed by atoms with Crippen molar-refractivity contribution in [3.8, 4) is 5.75 Å². The van der Waals surface area contributed by atoms with Crippen molar-refractivity contribution < 1.29 is 19.0 Å². The van der Waals surface area contributed by atoms with Crippen molar-refractivity contribution in [2.24, 2.45) is 5.92 Å². The molecule has 1 aromatic carbocycles. The molecule has 0 N–H and O–H groups in total. The van der Waals surface area contributed by atoms with Gasteiger partial charge in [0, 0.05) is 38.2 Å². The summed E-state index contributed by atoms with van der Waals surface area (Å²) in [7, 11) is 3.35. The van der Waals surface area contributed by atoms with Gasteiger partial charge in [0.15, 0.2) is 4.51 Å². The minimum Gasteiger partial charge on any atom is -0.497 e. The van der Waals surface area contributed by atoms with Gasteiger partial charge < -0.3 is 24.0 Å². The fourth-order valence-electron chi connectivity index (χ4n) is 5.30. The van der Waals surface area contributed by atoms with E-state index < -0.39 is 4.51 Å². The van der Waals surface area contributed by atoms with E-state index in [4.69, 9.17) is 14.2 Å². The molecule has 2 heterocycles. The number of nitrogens with zero attached hydrogens (tertiary/aromatic N) is 2. The molecule has 2 atom stereocenters. The monoisotopic (exact) mass is 532 g/mol. The third-order valence-electron chi connectivity index (χ3n) is 7.28. The maximum atomic E-state index is 13.2. The van der Waals surface area contributed by atoms with Gasteiger partial charge in [0.25, 0.3) is 5.91 Å². The molecular formula is C27H37BrN2O4. The summed E-state index contributed by atoms with van der Waals surface area (Å²) in [6.45, 7) is 5.61. The minimum absolute atomic E-state index is 0.0633. The number of allylic oxidation sites excluding steroid dienone is 2. The van der Waals surface area contributed by atoms with Crippen LogP contribution < -0.4 is 4.74 Å². The van der Waals surface area contributed by atoms with E-state index in [9.17, 15) is 4.79 Å². The highest BCUT2D eigenvalue weighted by Crippen LogP contribution is 2.46. The van der Waals surface area contributed by atoms with Crippen LogP contribution in [0.15, 0.2) is 47.7 Å². The van der Waals surface area contributed by atoms with Crippen LogP contribution in [0.4, 0.5) is 0 Å². The summed E-state index contributed by atoms with van der Waals surface area (Å²) in [6.07, 6.45) is 10.7. The van der Waals surface area contributed by atoms with Crippen LogP contribution in [0, 0.1) is 5.92 Å². The number of hydrogen-bond acceptors (Lipinski definition) is 5. The molecule has 0 saturated carbocycles. The topological polar surface area (TPSA) is 51.2 Å². The summed E-state index contributed by atoms with van der Waals surface area (Å²) >= 11 is 3.78. The van der Waals surface area contributed by atoms with Gasteiger partial charge in [-0.1, -0.05) is 18.1 Å². The summed E-state index contributed by atoms with van der Waals surface area (Å²) in [4.78, 5) is 17.7. The Labute approximate surface area is 212 Å². The lowest BCUT2D eigenvalue weighted by molar-refractivity contribution is 0.0198. The molecule has 0 aromatic heterocycles. The van der Waals surface area contributed by atoms with Gasteiger partial charge in [-0.05, 0) is 91.5 Å². The molecule has 7 heteroatoms. The number of rotatable bonds is 8. The van der Waals surface area contributed by atoms with Gasteiger partial charge in [-0.15, -0.1) is 0 Å². The number of benzene rings is 1. The number of halogens is 1. The second-order valence-electron chi connectivity index (χ2n) is 9.34. The first-order valence-corrected chi connectivity index (χ1v) is 13.3. The van der Waals surface area contributed by atoms with Gasteiger partial charge in [-0.3, -0.25) is 4.79 Å². The Morgan fingerprint density at radius 3 is 2.53 bits per heavy atom. The maximum absolute atomic E-state index is 13.2. The van der Waals surface area contributed by atoms with Gasteiger partial charge in [-0.25, -0.2) is 0 Å². The Morgan fingerprint density at radius 1 is 1.06 bits per heavy atom. The first kappa shape index (κ1) is 25.3. The molecule has 186 valence electrons. The highest BCUT2D eigenvalue weighted by atomic mass is 79.9. The molecule has 2 unspecified atom stereocenters. The molecule has 0 bridgehead atoms. The normalized spacial score (nSPS) is 25.6. The van der Waals surface area contributed by atoms with Crippen molar-refractivity contribution in [3.05, 3.63) is 53.3 Å². The molecule has 2 saturated heterocycles. The van der Waals surface area contributed by atoms with Crippen molar-refractivity contribution in [2.75, 3.05) is 53.6 Å². The highest BCUT2D eigenvalue weighted by Gasteiger charge is 2.46. The summed E-state index contributed by atoms with van der Waals surface area (Å²) in [5.41, 5.74) is 1.98. The Kier molecular flexibility index (Phi) is 8.72. The van der Waals surface area contributed by atoms with Crippen LogP contribution in [0.5, 0.6) is 5.75 Å². The van der Waals surface area contributed by atoms with Crippen LogP contribution in [-0.4, -0.2) is 73.8 Å². The lowest BCUT2D eigenvalue weighted by Crippen LogP contribution is -2.40. The SMILES string of the molecule is COC1=CC=C2CCN(C(=O)c3ccc(OCCCN4CCCCC4)cc3)CCC2C1(Br)OC. The number of likely N-dealkylation sites (tertiary alicyclic amines) is 2. The molecule has 1 aromatic rings. The molecule has 2 aliphatic heterocycles. The largest absolute Gasteiger partial charge is 0.497 e. The molecular weight excluding hydrogens is 496 g/mol. The fraction of sp³-hybridized carbons (Fsp3) is 0.593. The average Bonchev–Trinajstić information content (AvgIpc) is 3.11. The number of piperidine rings is 1. The summed E-state index contributed by atoms with van der Waals surface area (Å²) in [5, 5.41) is 0. The van der Waals surface area contributed by atoms with E-state index in [2.05, 4.69) is 26.9 Å². The number of methoxy groups -OCH3 is 2. The molecule has 4 rings (SSSR count). The molecule has 0 spiro atoms. The number of ether oxygens (including phenoxy) is 3. The quantitative estimate of drug-likeness (QED) is 0.348. The fourth-order valence-corrected chi connectivity index (χ4v) is 6.12. The number of carbonyl (C=O) groups excluding carboxylic acids is 1. The van der Waals surface area contributed by atoms with E-state index in [1.165, 1.54) is 37.9 Å². The molecule has 1 aliphatic carbocycles. The zero-order valence-electron chi connectivity index (χ0n) is 20.4. The van der Waals surface area contributed by atoms with E-state index in [1.807, 2.05) is 35.2 Å². The molecule has 2 fully saturated rings. The number of carbonyl (C=O) groups is 1. The van der Waals surface area contributed by atoms with E-state index >= 15 is 0 Å². The predicted octanol–water partition coefficient (Wildman–Crippen LogP) is 5.00. The van der Waals surface area contributed by atoms with E-state index in [-0.39, 0.29) is 11.8 Å². The molecule has 1 amide bonds. The summed E-state index contributed by atoms with van der Waals surface area (Å²) < 4.78 is 16.6. The van der Waals surface area contributed by atoms with Crippen LogP contribution in [0.1, 0.15) is 48.9 Å². The smallest absolute Gasteiger partial charge is 0.253 e. The van der Waals surface area contributed by atoms with Gasteiger partial charge in [-0.2, -0.15) is 0 Å². The average molecular weight is 534 g/mol. The van der Waals surface area contributed by atoms with Crippen LogP contribution in [0.3, 0.4) is 0 Å². The third kappa shape index (κ3) is 5.69. The third-order valence-corrected chi connectivity index (χ3v) is 8.55. The van der Waals surface area contributed by atoms with Crippen molar-refractivity contribution in [1.82, 2.24) is 9.80 Å². The minimum atomic E-state index is -0.683. The number of hydrogen-bond donors (Lipinski definition) is 0. The van der Waals surface area contributed by atoms with Crippen LogP contribution in [0.2, 0.25) is 0 Å². The van der Waals surface area contributed by atoms with Gasteiger partial charge in [0.1, 0.15) is 11.5 Å². The van der Waals surface area contributed by atoms with E-state index in [1.54, 1.807) is 14.2 Å². The van der Waals surface area contributed by atoms with Crippen molar-refractivity contribution in [3.63, 3.8) is 0 Å². The van der Waals surface area contributed by atoms with Crippen LogP contribution in [0.25, 0.3) is 0 Å². The Balaban J connectivity index is 1.29. The van der Waals surface area contributed by atoms with Crippen molar-refractivity contribution in [1.29, 1.82) is 0 Å². The highest BCUT2D eigenvalue weighted by molar-refractivity contribution is 9.10. The Hall–Kier alpha value is -1.83. The first-order chi connectivity index (χ1) is 16.5.